The van der Waals surface area contributed by atoms with Crippen LogP contribution in [0.1, 0.15) is 36.9 Å². The third-order valence-electron chi connectivity index (χ3n) is 3.88. The van der Waals surface area contributed by atoms with E-state index < -0.39 is 0 Å². The minimum Gasteiger partial charge on any atom is -0.392 e. The highest BCUT2D eigenvalue weighted by Crippen LogP contribution is 2.28. The van der Waals surface area contributed by atoms with Crippen LogP contribution in [-0.2, 0) is 0 Å². The maximum Gasteiger partial charge on any atom is 0.0679 e. The van der Waals surface area contributed by atoms with Crippen LogP contribution in [0.3, 0.4) is 0 Å². The lowest BCUT2D eigenvalue weighted by atomic mass is 9.96. The highest BCUT2D eigenvalue weighted by Gasteiger charge is 2.31. The highest BCUT2D eigenvalue weighted by molar-refractivity contribution is 5.25. The van der Waals surface area contributed by atoms with E-state index in [2.05, 4.69) is 43.0 Å². The molecule has 100 valence electrons. The molecule has 3 heteroatoms. The van der Waals surface area contributed by atoms with E-state index in [1.165, 1.54) is 11.1 Å². The topological polar surface area (TPSA) is 49.5 Å². The number of nitrogens with zero attached hydrogens (tertiary/aromatic N) is 1. The maximum atomic E-state index is 9.71. The van der Waals surface area contributed by atoms with Crippen molar-refractivity contribution in [2.75, 3.05) is 13.1 Å². The van der Waals surface area contributed by atoms with Gasteiger partial charge in [0.15, 0.2) is 0 Å². The summed E-state index contributed by atoms with van der Waals surface area (Å²) in [6.45, 7) is 5.90. The second-order valence-corrected chi connectivity index (χ2v) is 5.37. The fraction of sp³-hybridized carbons (Fsp3) is 0.600. The van der Waals surface area contributed by atoms with Crippen molar-refractivity contribution >= 4 is 0 Å². The van der Waals surface area contributed by atoms with E-state index >= 15 is 0 Å². The van der Waals surface area contributed by atoms with E-state index in [1.54, 1.807) is 0 Å². The molecule has 1 aliphatic heterocycles. The van der Waals surface area contributed by atoms with Crippen LogP contribution in [0.4, 0.5) is 0 Å². The lowest BCUT2D eigenvalue weighted by Crippen LogP contribution is -2.40. The Hall–Kier alpha value is -0.900. The zero-order valence-corrected chi connectivity index (χ0v) is 11.3. The molecule has 3 N–H and O–H groups in total. The first kappa shape index (κ1) is 13.5. The molecule has 1 aromatic carbocycles. The molecular formula is C15H24N2O. The van der Waals surface area contributed by atoms with Gasteiger partial charge >= 0.3 is 0 Å². The van der Waals surface area contributed by atoms with Crippen molar-refractivity contribution in [1.29, 1.82) is 0 Å². The summed E-state index contributed by atoms with van der Waals surface area (Å²) < 4.78 is 0. The van der Waals surface area contributed by atoms with Gasteiger partial charge in [0.05, 0.1) is 6.10 Å². The van der Waals surface area contributed by atoms with Crippen molar-refractivity contribution < 1.29 is 5.11 Å². The third-order valence-corrected chi connectivity index (χ3v) is 3.88. The number of aliphatic hydroxyl groups is 1. The smallest absolute Gasteiger partial charge is 0.0679 e. The standard InChI is InChI=1S/C15H24N2O/c1-3-14(16)15(17-9-8-13(18)10-17)12-6-4-11(2)5-7-12/h4-7,13-15,18H,3,8-10,16H2,1-2H3. The zero-order chi connectivity index (χ0) is 13.1. The van der Waals surface area contributed by atoms with Gasteiger partial charge in [-0.25, -0.2) is 0 Å². The predicted molar refractivity (Wildman–Crippen MR) is 74.4 cm³/mol. The van der Waals surface area contributed by atoms with Gasteiger partial charge in [-0.05, 0) is 25.3 Å². The average Bonchev–Trinajstić information content (AvgIpc) is 2.78. The summed E-state index contributed by atoms with van der Waals surface area (Å²) in [7, 11) is 0. The van der Waals surface area contributed by atoms with Crippen molar-refractivity contribution in [3.05, 3.63) is 35.4 Å². The fourth-order valence-corrected chi connectivity index (χ4v) is 2.74. The molecule has 0 bridgehead atoms. The van der Waals surface area contributed by atoms with E-state index in [-0.39, 0.29) is 18.2 Å². The van der Waals surface area contributed by atoms with Crippen molar-refractivity contribution in [2.45, 2.75) is 44.9 Å². The first-order chi connectivity index (χ1) is 8.61. The first-order valence-electron chi connectivity index (χ1n) is 6.86. The van der Waals surface area contributed by atoms with Gasteiger partial charge in [0.2, 0.25) is 0 Å². The summed E-state index contributed by atoms with van der Waals surface area (Å²) in [5.74, 6) is 0. The Morgan fingerprint density at radius 2 is 2.06 bits per heavy atom. The number of benzene rings is 1. The van der Waals surface area contributed by atoms with Gasteiger partial charge in [-0.1, -0.05) is 36.8 Å². The van der Waals surface area contributed by atoms with Crippen molar-refractivity contribution in [3.63, 3.8) is 0 Å². The first-order valence-corrected chi connectivity index (χ1v) is 6.86. The van der Waals surface area contributed by atoms with Gasteiger partial charge in [-0.3, -0.25) is 4.90 Å². The molecule has 18 heavy (non-hydrogen) atoms. The molecule has 1 fully saturated rings. The molecule has 0 aliphatic carbocycles. The SMILES string of the molecule is CCC(N)C(c1ccc(C)cc1)N1CCC(O)C1. The molecule has 3 unspecified atom stereocenters. The number of nitrogens with two attached hydrogens (primary N) is 1. The van der Waals surface area contributed by atoms with Crippen LogP contribution < -0.4 is 5.73 Å². The monoisotopic (exact) mass is 248 g/mol. The highest BCUT2D eigenvalue weighted by atomic mass is 16.3. The predicted octanol–water partition coefficient (Wildman–Crippen LogP) is 1.84. The number of rotatable bonds is 4. The summed E-state index contributed by atoms with van der Waals surface area (Å²) in [4.78, 5) is 2.32. The number of aryl methyl sites for hydroxylation is 1. The maximum absolute atomic E-state index is 9.71. The molecule has 1 heterocycles. The van der Waals surface area contributed by atoms with Gasteiger partial charge in [-0.15, -0.1) is 0 Å². The van der Waals surface area contributed by atoms with Crippen LogP contribution in [0.2, 0.25) is 0 Å². The molecule has 3 atom stereocenters. The molecule has 3 nitrogen and oxygen atoms in total. The molecule has 0 aromatic heterocycles. The van der Waals surface area contributed by atoms with Crippen LogP contribution in [0.15, 0.2) is 24.3 Å². The third kappa shape index (κ3) is 2.91. The van der Waals surface area contributed by atoms with Crippen LogP contribution in [-0.4, -0.2) is 35.2 Å². The number of β-amino-alcohol motifs (C(OH)–C–C–N with tert-alkyl or cyclic N) is 1. The number of hydrogen-bond acceptors (Lipinski definition) is 3. The Labute approximate surface area is 110 Å². The molecule has 1 saturated heterocycles. The summed E-state index contributed by atoms with van der Waals surface area (Å²) in [6, 6.07) is 8.96. The lowest BCUT2D eigenvalue weighted by molar-refractivity contribution is 0.148. The molecule has 0 saturated carbocycles. The summed E-state index contributed by atoms with van der Waals surface area (Å²) >= 11 is 0. The van der Waals surface area contributed by atoms with E-state index in [4.69, 9.17) is 5.73 Å². The zero-order valence-electron chi connectivity index (χ0n) is 11.3. The van der Waals surface area contributed by atoms with Gasteiger partial charge in [0, 0.05) is 25.2 Å². The Bertz CT molecular complexity index is 377. The van der Waals surface area contributed by atoms with Crippen molar-refractivity contribution in [2.24, 2.45) is 5.73 Å². The second kappa shape index (κ2) is 5.83. The van der Waals surface area contributed by atoms with E-state index in [1.807, 2.05) is 0 Å². The largest absolute Gasteiger partial charge is 0.392 e. The molecule has 0 radical (unpaired) electrons. The van der Waals surface area contributed by atoms with E-state index in [0.29, 0.717) is 0 Å². The Morgan fingerprint density at radius 3 is 2.56 bits per heavy atom. The van der Waals surface area contributed by atoms with Gasteiger partial charge in [0.25, 0.3) is 0 Å². The van der Waals surface area contributed by atoms with Gasteiger partial charge < -0.3 is 10.8 Å². The summed E-state index contributed by atoms with van der Waals surface area (Å²) in [5, 5.41) is 9.71. The number of aliphatic hydroxyl groups excluding tert-OH is 1. The lowest BCUT2D eigenvalue weighted by Gasteiger charge is -2.32. The molecular weight excluding hydrogens is 224 g/mol. The Balaban J connectivity index is 2.22. The Morgan fingerprint density at radius 1 is 1.39 bits per heavy atom. The number of likely N-dealkylation sites (tertiary alicyclic amines) is 1. The van der Waals surface area contributed by atoms with Crippen molar-refractivity contribution in [1.82, 2.24) is 4.90 Å². The number of hydrogen-bond donors (Lipinski definition) is 2. The fourth-order valence-electron chi connectivity index (χ4n) is 2.74. The molecule has 0 amide bonds. The molecule has 0 spiro atoms. The van der Waals surface area contributed by atoms with Crippen LogP contribution >= 0.6 is 0 Å². The normalized spacial score (nSPS) is 24.1. The Kier molecular flexibility index (Phi) is 4.38. The van der Waals surface area contributed by atoms with Crippen LogP contribution in [0.25, 0.3) is 0 Å². The van der Waals surface area contributed by atoms with Crippen molar-refractivity contribution in [3.8, 4) is 0 Å². The van der Waals surface area contributed by atoms with E-state index in [0.717, 1.165) is 25.9 Å². The molecule has 2 rings (SSSR count). The summed E-state index contributed by atoms with van der Waals surface area (Å²) in [6.07, 6.45) is 1.62. The minimum absolute atomic E-state index is 0.123. The van der Waals surface area contributed by atoms with Crippen LogP contribution in [0, 0.1) is 6.92 Å². The minimum atomic E-state index is -0.193. The van der Waals surface area contributed by atoms with Gasteiger partial charge in [-0.2, -0.15) is 0 Å². The molecule has 1 aliphatic rings. The van der Waals surface area contributed by atoms with Crippen LogP contribution in [0.5, 0.6) is 0 Å². The average molecular weight is 248 g/mol. The quantitative estimate of drug-likeness (QED) is 0.855. The summed E-state index contributed by atoms with van der Waals surface area (Å²) in [5.41, 5.74) is 8.82. The van der Waals surface area contributed by atoms with E-state index in [9.17, 15) is 5.11 Å². The van der Waals surface area contributed by atoms with Gasteiger partial charge in [0.1, 0.15) is 0 Å². The molecule has 1 aromatic rings. The second-order valence-electron chi connectivity index (χ2n) is 5.37.